The molecule has 0 saturated carbocycles. The molecule has 1 heterocycles. The first kappa shape index (κ1) is 12.0. The number of aliphatic imine (C=N–C) groups is 1. The van der Waals surface area contributed by atoms with Gasteiger partial charge in [0.05, 0.1) is 13.6 Å². The Labute approximate surface area is 93.3 Å². The van der Waals surface area contributed by atoms with Crippen molar-refractivity contribution < 1.29 is 14.1 Å². The fraction of sp³-hybridized carbons (Fsp3) is 0.444. The molecule has 1 rings (SSSR count). The molecule has 0 bridgehead atoms. The molecule has 1 aromatic heterocycles. The van der Waals surface area contributed by atoms with E-state index in [-0.39, 0.29) is 31.6 Å². The zero-order chi connectivity index (χ0) is 12.0. The highest BCUT2D eigenvalue weighted by molar-refractivity contribution is 5.75. The van der Waals surface area contributed by atoms with Crippen LogP contribution in [-0.2, 0) is 23.1 Å². The van der Waals surface area contributed by atoms with Crippen LogP contribution in [0.1, 0.15) is 0 Å². The zero-order valence-corrected chi connectivity index (χ0v) is 9.17. The minimum Gasteiger partial charge on any atom is -0.461 e. The number of guanidine groups is 1. The van der Waals surface area contributed by atoms with Gasteiger partial charge in [0, 0.05) is 0 Å². The van der Waals surface area contributed by atoms with Gasteiger partial charge in [-0.3, -0.25) is 4.99 Å². The lowest BCUT2D eigenvalue weighted by Crippen LogP contribution is -2.25. The van der Waals surface area contributed by atoms with Crippen LogP contribution in [0.4, 0.5) is 0 Å². The molecule has 4 N–H and O–H groups in total. The van der Waals surface area contributed by atoms with Crippen LogP contribution in [0.5, 0.6) is 0 Å². The maximum Gasteiger partial charge on any atom is 0.348 e. The number of ether oxygens (including phenoxy) is 1. The molecular formula is C9H16N5O2+. The molecule has 0 fully saturated rings. The van der Waals surface area contributed by atoms with Crippen molar-refractivity contribution >= 4 is 11.9 Å². The number of nitrogens with zero attached hydrogens (tertiary/aromatic N) is 3. The van der Waals surface area contributed by atoms with E-state index in [1.54, 1.807) is 17.1 Å². The minimum atomic E-state index is -0.318. The second-order valence-corrected chi connectivity index (χ2v) is 3.28. The van der Waals surface area contributed by atoms with Crippen LogP contribution in [0.3, 0.4) is 0 Å². The van der Waals surface area contributed by atoms with Crippen molar-refractivity contribution in [1.82, 2.24) is 4.57 Å². The molecule has 0 amide bonds. The minimum absolute atomic E-state index is 0.00603. The highest BCUT2D eigenvalue weighted by Gasteiger charge is 2.08. The summed E-state index contributed by atoms with van der Waals surface area (Å²) in [5.41, 5.74) is 10.2. The Morgan fingerprint density at radius 3 is 2.88 bits per heavy atom. The van der Waals surface area contributed by atoms with Crippen molar-refractivity contribution in [3.8, 4) is 0 Å². The molecule has 7 nitrogen and oxygen atoms in total. The fourth-order valence-electron chi connectivity index (χ4n) is 1.12. The molecule has 88 valence electrons. The molecule has 0 aliphatic heterocycles. The first-order valence-corrected chi connectivity index (χ1v) is 4.80. The molecule has 0 radical (unpaired) electrons. The standard InChI is InChI=1S/C9H16N5O2/c1-13-3-4-14(7-13)6-8(15)16-5-2-12-9(10)11/h3-4,7H,2,5-6H2,1H3,(H4,10,11,12)/q+1. The summed E-state index contributed by atoms with van der Waals surface area (Å²) in [6, 6.07) is 0. The van der Waals surface area contributed by atoms with Gasteiger partial charge in [-0.05, 0) is 0 Å². The van der Waals surface area contributed by atoms with Crippen molar-refractivity contribution in [3.05, 3.63) is 18.7 Å². The quantitative estimate of drug-likeness (QED) is 0.202. The van der Waals surface area contributed by atoms with E-state index in [1.807, 2.05) is 17.8 Å². The SMILES string of the molecule is C[n+]1ccn(CC(=O)OCCN=C(N)N)c1. The number of esters is 1. The molecule has 0 spiro atoms. The fourth-order valence-corrected chi connectivity index (χ4v) is 1.12. The second-order valence-electron chi connectivity index (χ2n) is 3.28. The van der Waals surface area contributed by atoms with Gasteiger partial charge in [0.1, 0.15) is 19.0 Å². The van der Waals surface area contributed by atoms with Gasteiger partial charge in [-0.2, -0.15) is 0 Å². The lowest BCUT2D eigenvalue weighted by atomic mass is 10.6. The first-order valence-electron chi connectivity index (χ1n) is 4.80. The summed E-state index contributed by atoms with van der Waals surface area (Å²) in [6.45, 7) is 0.653. The van der Waals surface area contributed by atoms with Gasteiger partial charge in [0.25, 0.3) is 0 Å². The summed E-state index contributed by atoms with van der Waals surface area (Å²) >= 11 is 0. The molecule has 0 saturated heterocycles. The van der Waals surface area contributed by atoms with Crippen LogP contribution < -0.4 is 16.0 Å². The van der Waals surface area contributed by atoms with E-state index in [0.717, 1.165) is 0 Å². The Morgan fingerprint density at radius 1 is 1.56 bits per heavy atom. The number of carbonyl (C=O) groups excluding carboxylic acids is 1. The van der Waals surface area contributed by atoms with Crippen LogP contribution in [0.15, 0.2) is 23.7 Å². The monoisotopic (exact) mass is 226 g/mol. The van der Waals surface area contributed by atoms with Gasteiger partial charge >= 0.3 is 5.97 Å². The Bertz CT molecular complexity index is 381. The van der Waals surface area contributed by atoms with Gasteiger partial charge < -0.3 is 16.2 Å². The van der Waals surface area contributed by atoms with Crippen LogP contribution in [0.25, 0.3) is 0 Å². The Balaban J connectivity index is 2.24. The highest BCUT2D eigenvalue weighted by Crippen LogP contribution is 1.87. The average molecular weight is 226 g/mol. The maximum absolute atomic E-state index is 11.3. The number of rotatable bonds is 5. The lowest BCUT2D eigenvalue weighted by molar-refractivity contribution is -0.671. The van der Waals surface area contributed by atoms with Crippen molar-refractivity contribution in [2.75, 3.05) is 13.2 Å². The van der Waals surface area contributed by atoms with Gasteiger partial charge in [-0.1, -0.05) is 0 Å². The van der Waals surface area contributed by atoms with E-state index in [9.17, 15) is 4.79 Å². The van der Waals surface area contributed by atoms with Crippen molar-refractivity contribution in [2.24, 2.45) is 23.5 Å². The van der Waals surface area contributed by atoms with E-state index >= 15 is 0 Å². The second kappa shape index (κ2) is 5.74. The highest BCUT2D eigenvalue weighted by atomic mass is 16.5. The van der Waals surface area contributed by atoms with E-state index in [1.165, 1.54) is 0 Å². The molecular weight excluding hydrogens is 210 g/mol. The van der Waals surface area contributed by atoms with Gasteiger partial charge in [-0.25, -0.2) is 13.9 Å². The number of aryl methyl sites for hydroxylation is 1. The third-order valence-electron chi connectivity index (χ3n) is 1.78. The molecule has 0 unspecified atom stereocenters. The summed E-state index contributed by atoms with van der Waals surface area (Å²) in [5, 5.41) is 0. The molecule has 16 heavy (non-hydrogen) atoms. The maximum atomic E-state index is 11.3. The van der Waals surface area contributed by atoms with Crippen molar-refractivity contribution in [1.29, 1.82) is 0 Å². The molecule has 1 aromatic rings. The number of nitrogens with two attached hydrogens (primary N) is 2. The molecule has 0 aliphatic carbocycles. The predicted octanol–water partition coefficient (Wildman–Crippen LogP) is -1.87. The molecule has 0 atom stereocenters. The van der Waals surface area contributed by atoms with Crippen LogP contribution >= 0.6 is 0 Å². The molecule has 7 heteroatoms. The summed E-state index contributed by atoms with van der Waals surface area (Å²) < 4.78 is 8.48. The molecule has 0 aliphatic rings. The Morgan fingerprint density at radius 2 is 2.31 bits per heavy atom. The van der Waals surface area contributed by atoms with Crippen LogP contribution in [0, 0.1) is 0 Å². The first-order chi connectivity index (χ1) is 7.58. The summed E-state index contributed by atoms with van der Waals surface area (Å²) in [6.07, 6.45) is 5.42. The summed E-state index contributed by atoms with van der Waals surface area (Å²) in [5.74, 6) is -0.324. The number of carbonyl (C=O) groups is 1. The van der Waals surface area contributed by atoms with Gasteiger partial charge in [0.15, 0.2) is 12.5 Å². The van der Waals surface area contributed by atoms with Crippen molar-refractivity contribution in [2.45, 2.75) is 6.54 Å². The lowest BCUT2D eigenvalue weighted by Gasteiger charge is -2.00. The topological polar surface area (TPSA) is 99.5 Å². The third-order valence-corrected chi connectivity index (χ3v) is 1.78. The number of hydrogen-bond acceptors (Lipinski definition) is 3. The smallest absolute Gasteiger partial charge is 0.348 e. The van der Waals surface area contributed by atoms with Gasteiger partial charge in [0.2, 0.25) is 6.33 Å². The largest absolute Gasteiger partial charge is 0.461 e. The molecule has 0 aromatic carbocycles. The number of hydrogen-bond donors (Lipinski definition) is 2. The zero-order valence-electron chi connectivity index (χ0n) is 9.17. The predicted molar refractivity (Wildman–Crippen MR) is 57.2 cm³/mol. The Hall–Kier alpha value is -2.05. The average Bonchev–Trinajstić information content (AvgIpc) is 2.58. The van der Waals surface area contributed by atoms with Crippen molar-refractivity contribution in [3.63, 3.8) is 0 Å². The number of aromatic nitrogens is 2. The van der Waals surface area contributed by atoms with E-state index in [4.69, 9.17) is 16.2 Å². The van der Waals surface area contributed by atoms with E-state index in [2.05, 4.69) is 4.99 Å². The third kappa shape index (κ3) is 4.45. The van der Waals surface area contributed by atoms with Crippen LogP contribution in [0.2, 0.25) is 0 Å². The van der Waals surface area contributed by atoms with E-state index in [0.29, 0.717) is 0 Å². The van der Waals surface area contributed by atoms with Gasteiger partial charge in [-0.15, -0.1) is 0 Å². The van der Waals surface area contributed by atoms with Crippen LogP contribution in [-0.4, -0.2) is 29.6 Å². The van der Waals surface area contributed by atoms with E-state index < -0.39 is 0 Å². The normalized spacial score (nSPS) is 9.81. The summed E-state index contributed by atoms with van der Waals surface area (Å²) in [7, 11) is 1.88. The Kier molecular flexibility index (Phi) is 4.31. The summed E-state index contributed by atoms with van der Waals surface area (Å²) in [4.78, 5) is 15.0. The number of imidazole rings is 1.